The Morgan fingerprint density at radius 1 is 1.22 bits per heavy atom. The Balaban J connectivity index is 2.29. The highest BCUT2D eigenvalue weighted by molar-refractivity contribution is 5.81. The highest BCUT2D eigenvalue weighted by Crippen LogP contribution is 2.43. The largest absolute Gasteiger partial charge is 0.481 e. The van der Waals surface area contributed by atoms with Crippen molar-refractivity contribution in [3.63, 3.8) is 0 Å². The van der Waals surface area contributed by atoms with Crippen LogP contribution in [0.3, 0.4) is 0 Å². The highest BCUT2D eigenvalue weighted by Gasteiger charge is 2.40. The van der Waals surface area contributed by atoms with E-state index in [0.29, 0.717) is 0 Å². The van der Waals surface area contributed by atoms with Gasteiger partial charge in [-0.2, -0.15) is 0 Å². The van der Waals surface area contributed by atoms with E-state index in [9.17, 15) is 9.90 Å². The number of hydrogen-bond donors (Lipinski definition) is 1. The van der Waals surface area contributed by atoms with Gasteiger partial charge in [-0.1, -0.05) is 36.4 Å². The fourth-order valence-electron chi connectivity index (χ4n) is 3.92. The van der Waals surface area contributed by atoms with Crippen molar-refractivity contribution in [2.45, 2.75) is 47.0 Å². The molecule has 0 spiro atoms. The molecule has 2 aromatic carbocycles. The molecular weight excluding hydrogens is 338 g/mol. The number of benzene rings is 2. The van der Waals surface area contributed by atoms with Crippen molar-refractivity contribution < 1.29 is 9.90 Å². The van der Waals surface area contributed by atoms with Crippen molar-refractivity contribution in [2.75, 3.05) is 0 Å². The zero-order valence-electron chi connectivity index (χ0n) is 16.9. The maximum atomic E-state index is 12.2. The predicted octanol–water partition coefficient (Wildman–Crippen LogP) is 4.39. The number of carboxylic acids is 1. The van der Waals surface area contributed by atoms with Crippen molar-refractivity contribution in [1.29, 1.82) is 0 Å². The van der Waals surface area contributed by atoms with Gasteiger partial charge in [0.2, 0.25) is 0 Å². The van der Waals surface area contributed by atoms with Crippen LogP contribution in [0.1, 0.15) is 54.5 Å². The first-order valence-corrected chi connectivity index (χ1v) is 9.30. The third kappa shape index (κ3) is 3.11. The Hall–Kier alpha value is -2.69. The van der Waals surface area contributed by atoms with E-state index in [-0.39, 0.29) is 5.92 Å². The van der Waals surface area contributed by atoms with Crippen LogP contribution >= 0.6 is 0 Å². The molecule has 1 heterocycles. The van der Waals surface area contributed by atoms with E-state index in [0.717, 1.165) is 34.1 Å². The second-order valence-corrected chi connectivity index (χ2v) is 7.86. The van der Waals surface area contributed by atoms with Gasteiger partial charge in [0.05, 0.1) is 10.9 Å². The van der Waals surface area contributed by atoms with Crippen LogP contribution in [0.4, 0.5) is 0 Å². The number of rotatable bonds is 5. The minimum Gasteiger partial charge on any atom is -0.481 e. The molecule has 1 atom stereocenters. The second kappa shape index (κ2) is 6.80. The Bertz CT molecular complexity index is 1020. The van der Waals surface area contributed by atoms with E-state index in [2.05, 4.69) is 42.4 Å². The average molecular weight is 365 g/mol. The van der Waals surface area contributed by atoms with Crippen LogP contribution in [0.25, 0.3) is 11.0 Å². The number of nitrogens with zero attached hydrogens (tertiary/aromatic N) is 3. The summed E-state index contributed by atoms with van der Waals surface area (Å²) in [5.41, 5.74) is 6.27. The zero-order valence-corrected chi connectivity index (χ0v) is 16.9. The lowest BCUT2D eigenvalue weighted by Gasteiger charge is -2.33. The van der Waals surface area contributed by atoms with Crippen LogP contribution in [0, 0.1) is 19.3 Å². The molecule has 0 aliphatic heterocycles. The van der Waals surface area contributed by atoms with Crippen LogP contribution in [0.5, 0.6) is 0 Å². The molecule has 0 amide bonds. The van der Waals surface area contributed by atoms with Crippen molar-refractivity contribution in [1.82, 2.24) is 15.0 Å². The summed E-state index contributed by atoms with van der Waals surface area (Å²) in [6.45, 7) is 9.82. The lowest BCUT2D eigenvalue weighted by molar-refractivity contribution is -0.147. The summed E-state index contributed by atoms with van der Waals surface area (Å²) in [5, 5.41) is 18.4. The molecule has 0 aliphatic rings. The molecule has 5 heteroatoms. The normalized spacial score (nSPS) is 13.1. The van der Waals surface area contributed by atoms with E-state index >= 15 is 0 Å². The topological polar surface area (TPSA) is 68.0 Å². The summed E-state index contributed by atoms with van der Waals surface area (Å²) in [6.07, 6.45) is 0.919. The zero-order chi connectivity index (χ0) is 19.9. The van der Waals surface area contributed by atoms with Gasteiger partial charge in [-0.3, -0.25) is 4.79 Å². The van der Waals surface area contributed by atoms with Gasteiger partial charge in [-0.15, -0.1) is 5.10 Å². The summed E-state index contributed by atoms with van der Waals surface area (Å²) in [7, 11) is 1.86. The second-order valence-electron chi connectivity index (χ2n) is 7.86. The molecule has 142 valence electrons. The van der Waals surface area contributed by atoms with Gasteiger partial charge in [-0.05, 0) is 68.0 Å². The van der Waals surface area contributed by atoms with Crippen molar-refractivity contribution in [3.05, 3.63) is 58.1 Å². The van der Waals surface area contributed by atoms with Crippen molar-refractivity contribution >= 4 is 17.0 Å². The maximum absolute atomic E-state index is 12.2. The number of carbonyl (C=O) groups is 1. The van der Waals surface area contributed by atoms with E-state index in [1.807, 2.05) is 26.1 Å². The number of aliphatic carboxylic acids is 1. The van der Waals surface area contributed by atoms with Crippen LogP contribution in [-0.4, -0.2) is 26.1 Å². The smallest absolute Gasteiger partial charge is 0.310 e. The molecule has 0 saturated heterocycles. The molecule has 3 aromatic rings. The molecule has 27 heavy (non-hydrogen) atoms. The average Bonchev–Trinajstić information content (AvgIpc) is 3.00. The summed E-state index contributed by atoms with van der Waals surface area (Å²) in [6, 6.07) is 10.3. The molecular formula is C22H27N3O2. The summed E-state index contributed by atoms with van der Waals surface area (Å²) in [4.78, 5) is 12.2. The fourth-order valence-corrected chi connectivity index (χ4v) is 3.92. The molecule has 1 N–H and O–H groups in total. The van der Waals surface area contributed by atoms with Crippen molar-refractivity contribution in [2.24, 2.45) is 12.5 Å². The molecule has 3 rings (SSSR count). The predicted molar refractivity (Wildman–Crippen MR) is 107 cm³/mol. The number of hydrogen-bond acceptors (Lipinski definition) is 3. The standard InChI is InChI=1S/C22H27N3O2/c1-7-15-12-16(9-8-13(15)2)19(22(4,5)21(26)27)17-10-11-18-20(14(17)3)23-24-25(18)6/h8-12,19H,7H2,1-6H3,(H,26,27). The summed E-state index contributed by atoms with van der Waals surface area (Å²) < 4.78 is 1.74. The van der Waals surface area contributed by atoms with Gasteiger partial charge in [0.15, 0.2) is 0 Å². The van der Waals surface area contributed by atoms with Gasteiger partial charge in [0.25, 0.3) is 0 Å². The number of carboxylic acid groups (broad SMARTS) is 1. The van der Waals surface area contributed by atoms with E-state index < -0.39 is 11.4 Å². The van der Waals surface area contributed by atoms with Crippen LogP contribution < -0.4 is 0 Å². The first kappa shape index (κ1) is 19.1. The minimum atomic E-state index is -0.971. The fraction of sp³-hybridized carbons (Fsp3) is 0.409. The van der Waals surface area contributed by atoms with Gasteiger partial charge >= 0.3 is 5.97 Å². The van der Waals surface area contributed by atoms with E-state index in [4.69, 9.17) is 0 Å². The first-order chi connectivity index (χ1) is 12.7. The Morgan fingerprint density at radius 3 is 2.56 bits per heavy atom. The minimum absolute atomic E-state index is 0.285. The van der Waals surface area contributed by atoms with Crippen LogP contribution in [-0.2, 0) is 18.3 Å². The van der Waals surface area contributed by atoms with Gasteiger partial charge in [0, 0.05) is 13.0 Å². The molecule has 5 nitrogen and oxygen atoms in total. The van der Waals surface area contributed by atoms with Crippen molar-refractivity contribution in [3.8, 4) is 0 Å². The third-order valence-corrected chi connectivity index (χ3v) is 5.75. The summed E-state index contributed by atoms with van der Waals surface area (Å²) in [5.74, 6) is -1.10. The van der Waals surface area contributed by atoms with Crippen LogP contribution in [0.15, 0.2) is 30.3 Å². The lowest BCUT2D eigenvalue weighted by atomic mass is 9.69. The van der Waals surface area contributed by atoms with E-state index in [1.54, 1.807) is 18.5 Å². The number of fused-ring (bicyclic) bond motifs is 1. The molecule has 0 radical (unpaired) electrons. The summed E-state index contributed by atoms with van der Waals surface area (Å²) >= 11 is 0. The number of aryl methyl sites for hydroxylation is 4. The molecule has 1 unspecified atom stereocenters. The molecule has 0 bridgehead atoms. The molecule has 0 fully saturated rings. The molecule has 0 saturated carbocycles. The highest BCUT2D eigenvalue weighted by atomic mass is 16.4. The third-order valence-electron chi connectivity index (χ3n) is 5.75. The Kier molecular flexibility index (Phi) is 4.81. The monoisotopic (exact) mass is 365 g/mol. The Labute approximate surface area is 160 Å². The van der Waals surface area contributed by atoms with Gasteiger partial charge in [-0.25, -0.2) is 4.68 Å². The van der Waals surface area contributed by atoms with E-state index in [1.165, 1.54) is 11.1 Å². The van der Waals surface area contributed by atoms with Gasteiger partial charge < -0.3 is 5.11 Å². The lowest BCUT2D eigenvalue weighted by Crippen LogP contribution is -2.32. The molecule has 1 aromatic heterocycles. The first-order valence-electron chi connectivity index (χ1n) is 9.30. The van der Waals surface area contributed by atoms with Crippen LogP contribution in [0.2, 0.25) is 0 Å². The number of aromatic nitrogens is 3. The quantitative estimate of drug-likeness (QED) is 0.728. The van der Waals surface area contributed by atoms with Gasteiger partial charge in [0.1, 0.15) is 5.52 Å². The SMILES string of the molecule is CCc1cc(C(c2ccc3c(nnn3C)c2C)C(C)(C)C(=O)O)ccc1C. The molecule has 0 aliphatic carbocycles. The Morgan fingerprint density at radius 2 is 1.93 bits per heavy atom. The maximum Gasteiger partial charge on any atom is 0.310 e.